The molecule has 0 aliphatic rings. The highest BCUT2D eigenvalue weighted by molar-refractivity contribution is 4.87. The average molecular weight is 196 g/mol. The predicted octanol–water partition coefficient (Wildman–Crippen LogP) is 5.34. The maximum Gasteiger partial charge on any atom is -0.0236 e. The fourth-order valence-electron chi connectivity index (χ4n) is 1.78. The van der Waals surface area contributed by atoms with Crippen molar-refractivity contribution in [3.63, 3.8) is 0 Å². The van der Waals surface area contributed by atoms with E-state index in [9.17, 15) is 0 Å². The van der Waals surface area contributed by atoms with Crippen molar-refractivity contribution in [1.82, 2.24) is 0 Å². The summed E-state index contributed by atoms with van der Waals surface area (Å²) in [4.78, 5) is 0. The summed E-state index contributed by atoms with van der Waals surface area (Å²) in [6.07, 6.45) is 15.7. The molecule has 1 atom stereocenters. The van der Waals surface area contributed by atoms with Crippen molar-refractivity contribution < 1.29 is 0 Å². The van der Waals surface area contributed by atoms with E-state index in [0.29, 0.717) is 0 Å². The predicted molar refractivity (Wildman–Crippen MR) is 66.6 cm³/mol. The van der Waals surface area contributed by atoms with E-state index >= 15 is 0 Å². The molecule has 0 N–H and O–H groups in total. The van der Waals surface area contributed by atoms with Crippen LogP contribution >= 0.6 is 0 Å². The fourth-order valence-corrected chi connectivity index (χ4v) is 1.78. The van der Waals surface area contributed by atoms with Crippen LogP contribution in [0, 0.1) is 5.92 Å². The Labute approximate surface area is 90.8 Å². The van der Waals surface area contributed by atoms with Crippen molar-refractivity contribution in [2.45, 2.75) is 72.1 Å². The van der Waals surface area contributed by atoms with E-state index < -0.39 is 0 Å². The summed E-state index contributed by atoms with van der Waals surface area (Å²) in [6.45, 7) is 6.84. The van der Waals surface area contributed by atoms with Gasteiger partial charge in [-0.25, -0.2) is 0 Å². The lowest BCUT2D eigenvalue weighted by Crippen LogP contribution is -1.92. The quantitative estimate of drug-likeness (QED) is 0.345. The molecule has 0 aromatic carbocycles. The smallest absolute Gasteiger partial charge is 0.0236 e. The number of hydrogen-bond acceptors (Lipinski definition) is 0. The minimum Gasteiger partial charge on any atom is -0.0883 e. The van der Waals surface area contributed by atoms with E-state index in [1.807, 2.05) is 0 Å². The van der Waals surface area contributed by atoms with Gasteiger partial charge in [-0.2, -0.15) is 0 Å². The monoisotopic (exact) mass is 196 g/mol. The number of unbranched alkanes of at least 4 members (excludes halogenated alkanes) is 4. The summed E-state index contributed by atoms with van der Waals surface area (Å²) >= 11 is 0. The third-order valence-electron chi connectivity index (χ3n) is 2.82. The molecule has 0 radical (unpaired) electrons. The molecule has 0 heteroatoms. The normalized spacial score (nSPS) is 13.6. The van der Waals surface area contributed by atoms with Crippen LogP contribution < -0.4 is 0 Å². The van der Waals surface area contributed by atoms with Crippen molar-refractivity contribution in [3.8, 4) is 0 Å². The Balaban J connectivity index is 3.38. The molecule has 0 fully saturated rings. The number of hydrogen-bond donors (Lipinski definition) is 0. The molecule has 0 aliphatic carbocycles. The Kier molecular flexibility index (Phi) is 10.6. The summed E-state index contributed by atoms with van der Waals surface area (Å²) in [6, 6.07) is 0. The SMILES string of the molecule is CCCCCCC=CC(CC)CCC. The summed E-state index contributed by atoms with van der Waals surface area (Å²) < 4.78 is 0. The number of rotatable bonds is 9. The lowest BCUT2D eigenvalue weighted by molar-refractivity contribution is 0.560. The van der Waals surface area contributed by atoms with Crippen LogP contribution in [0.1, 0.15) is 72.1 Å². The first-order valence-electron chi connectivity index (χ1n) is 6.51. The number of allylic oxidation sites excluding steroid dienone is 2. The van der Waals surface area contributed by atoms with Crippen LogP contribution in [0.2, 0.25) is 0 Å². The average Bonchev–Trinajstić information content (AvgIpc) is 2.21. The molecule has 0 bridgehead atoms. The minimum absolute atomic E-state index is 0.839. The van der Waals surface area contributed by atoms with Gasteiger partial charge in [0.05, 0.1) is 0 Å². The van der Waals surface area contributed by atoms with Gasteiger partial charge in [-0.15, -0.1) is 0 Å². The van der Waals surface area contributed by atoms with Gasteiger partial charge in [0, 0.05) is 0 Å². The molecule has 0 aromatic rings. The first-order chi connectivity index (χ1) is 6.85. The molecule has 0 saturated heterocycles. The van der Waals surface area contributed by atoms with E-state index in [-0.39, 0.29) is 0 Å². The fraction of sp³-hybridized carbons (Fsp3) is 0.857. The van der Waals surface area contributed by atoms with Crippen molar-refractivity contribution >= 4 is 0 Å². The highest BCUT2D eigenvalue weighted by Crippen LogP contribution is 2.13. The molecule has 0 saturated carbocycles. The van der Waals surface area contributed by atoms with Gasteiger partial charge in [-0.05, 0) is 31.6 Å². The molecule has 0 heterocycles. The van der Waals surface area contributed by atoms with Gasteiger partial charge in [-0.1, -0.05) is 58.6 Å². The zero-order valence-corrected chi connectivity index (χ0v) is 10.4. The second-order valence-corrected chi connectivity index (χ2v) is 4.23. The van der Waals surface area contributed by atoms with Gasteiger partial charge in [0.1, 0.15) is 0 Å². The zero-order chi connectivity index (χ0) is 10.6. The first-order valence-corrected chi connectivity index (χ1v) is 6.51. The van der Waals surface area contributed by atoms with Crippen LogP contribution in [0.5, 0.6) is 0 Å². The van der Waals surface area contributed by atoms with Gasteiger partial charge in [0.15, 0.2) is 0 Å². The second kappa shape index (κ2) is 10.8. The van der Waals surface area contributed by atoms with Crippen molar-refractivity contribution in [1.29, 1.82) is 0 Å². The van der Waals surface area contributed by atoms with Gasteiger partial charge in [0.2, 0.25) is 0 Å². The molecular weight excluding hydrogens is 168 g/mol. The van der Waals surface area contributed by atoms with Gasteiger partial charge in [0.25, 0.3) is 0 Å². The Bertz CT molecular complexity index is 124. The Morgan fingerprint density at radius 1 is 0.929 bits per heavy atom. The van der Waals surface area contributed by atoms with E-state index in [1.165, 1.54) is 51.4 Å². The topological polar surface area (TPSA) is 0 Å². The molecule has 0 rings (SSSR count). The molecule has 0 amide bonds. The van der Waals surface area contributed by atoms with E-state index in [2.05, 4.69) is 32.9 Å². The molecule has 1 unspecified atom stereocenters. The third-order valence-corrected chi connectivity index (χ3v) is 2.82. The Morgan fingerprint density at radius 3 is 2.29 bits per heavy atom. The van der Waals surface area contributed by atoms with Crippen LogP contribution in [-0.2, 0) is 0 Å². The maximum atomic E-state index is 2.44. The molecule has 0 aliphatic heterocycles. The molecule has 84 valence electrons. The highest BCUT2D eigenvalue weighted by atomic mass is 14.0. The Morgan fingerprint density at radius 2 is 1.71 bits per heavy atom. The highest BCUT2D eigenvalue weighted by Gasteiger charge is 1.98. The Hall–Kier alpha value is -0.260. The van der Waals surface area contributed by atoms with Crippen molar-refractivity contribution in [2.24, 2.45) is 5.92 Å². The van der Waals surface area contributed by atoms with Crippen molar-refractivity contribution in [2.75, 3.05) is 0 Å². The molecule has 14 heavy (non-hydrogen) atoms. The summed E-state index contributed by atoms with van der Waals surface area (Å²) in [7, 11) is 0. The van der Waals surface area contributed by atoms with Crippen molar-refractivity contribution in [3.05, 3.63) is 12.2 Å². The van der Waals surface area contributed by atoms with Gasteiger partial charge < -0.3 is 0 Å². The van der Waals surface area contributed by atoms with Crippen LogP contribution in [-0.4, -0.2) is 0 Å². The lowest BCUT2D eigenvalue weighted by Gasteiger charge is -2.06. The van der Waals surface area contributed by atoms with Gasteiger partial charge in [-0.3, -0.25) is 0 Å². The summed E-state index contributed by atoms with van der Waals surface area (Å²) in [5.41, 5.74) is 0. The standard InChI is InChI=1S/C14H28/c1-4-7-8-9-10-11-13-14(6-3)12-5-2/h11,13-14H,4-10,12H2,1-3H3. The van der Waals surface area contributed by atoms with E-state index in [4.69, 9.17) is 0 Å². The van der Waals surface area contributed by atoms with Crippen LogP contribution in [0.3, 0.4) is 0 Å². The minimum atomic E-state index is 0.839. The molecular formula is C14H28. The lowest BCUT2D eigenvalue weighted by atomic mass is 9.99. The van der Waals surface area contributed by atoms with E-state index in [1.54, 1.807) is 0 Å². The molecule has 0 spiro atoms. The van der Waals surface area contributed by atoms with Gasteiger partial charge >= 0.3 is 0 Å². The molecule has 0 aromatic heterocycles. The summed E-state index contributed by atoms with van der Waals surface area (Å²) in [5.74, 6) is 0.839. The van der Waals surface area contributed by atoms with E-state index in [0.717, 1.165) is 5.92 Å². The summed E-state index contributed by atoms with van der Waals surface area (Å²) in [5, 5.41) is 0. The second-order valence-electron chi connectivity index (χ2n) is 4.23. The first kappa shape index (κ1) is 13.7. The third kappa shape index (κ3) is 8.34. The molecule has 0 nitrogen and oxygen atoms in total. The zero-order valence-electron chi connectivity index (χ0n) is 10.4. The maximum absolute atomic E-state index is 2.44. The van der Waals surface area contributed by atoms with Crippen LogP contribution in [0.4, 0.5) is 0 Å². The van der Waals surface area contributed by atoms with Crippen LogP contribution in [0.25, 0.3) is 0 Å². The largest absolute Gasteiger partial charge is 0.0883 e. The van der Waals surface area contributed by atoms with Crippen LogP contribution in [0.15, 0.2) is 12.2 Å².